The van der Waals surface area contributed by atoms with E-state index in [0.29, 0.717) is 11.4 Å². The number of nitrogens with zero attached hydrogens (tertiary/aromatic N) is 2. The molecule has 1 amide bonds. The Labute approximate surface area is 177 Å². The van der Waals surface area contributed by atoms with Crippen LogP contribution in [0.25, 0.3) is 5.76 Å². The summed E-state index contributed by atoms with van der Waals surface area (Å²) in [5.74, 6) is -1.78. The van der Waals surface area contributed by atoms with Crippen molar-refractivity contribution in [3.05, 3.63) is 99.5 Å². The van der Waals surface area contributed by atoms with Gasteiger partial charge in [-0.3, -0.25) is 24.6 Å². The van der Waals surface area contributed by atoms with Gasteiger partial charge in [-0.1, -0.05) is 19.1 Å². The quantitative estimate of drug-likeness (QED) is 0.216. The second kappa shape index (κ2) is 7.91. The Balaban J connectivity index is 1.86. The van der Waals surface area contributed by atoms with Crippen LogP contribution in [0.1, 0.15) is 29.9 Å². The molecule has 1 saturated heterocycles. The number of aliphatic hydroxyl groups is 1. The maximum absolute atomic E-state index is 13.0. The maximum Gasteiger partial charge on any atom is 0.300 e. The minimum Gasteiger partial charge on any atom is -0.507 e. The molecule has 0 saturated carbocycles. The van der Waals surface area contributed by atoms with Crippen molar-refractivity contribution in [1.82, 2.24) is 0 Å². The zero-order valence-corrected chi connectivity index (χ0v) is 16.5. The molecule has 4 rings (SSSR count). The van der Waals surface area contributed by atoms with Crippen LogP contribution in [0.2, 0.25) is 0 Å². The van der Waals surface area contributed by atoms with E-state index in [2.05, 4.69) is 0 Å². The molecule has 1 aromatic heterocycles. The van der Waals surface area contributed by atoms with Crippen molar-refractivity contribution in [2.75, 3.05) is 4.90 Å². The van der Waals surface area contributed by atoms with Crippen molar-refractivity contribution < 1.29 is 24.0 Å². The first-order valence-corrected chi connectivity index (χ1v) is 9.60. The lowest BCUT2D eigenvalue weighted by Gasteiger charge is -2.23. The van der Waals surface area contributed by atoms with Crippen molar-refractivity contribution in [2.24, 2.45) is 0 Å². The number of carbonyl (C=O) groups is 2. The van der Waals surface area contributed by atoms with E-state index in [0.717, 1.165) is 12.0 Å². The zero-order valence-electron chi connectivity index (χ0n) is 16.5. The van der Waals surface area contributed by atoms with Crippen molar-refractivity contribution in [1.29, 1.82) is 0 Å². The fraction of sp³-hybridized carbons (Fsp3) is 0.130. The van der Waals surface area contributed by atoms with Gasteiger partial charge in [0, 0.05) is 23.4 Å². The molecule has 0 aliphatic carbocycles. The van der Waals surface area contributed by atoms with Gasteiger partial charge in [0.05, 0.1) is 16.8 Å². The van der Waals surface area contributed by atoms with Gasteiger partial charge in [-0.25, -0.2) is 0 Å². The molecule has 2 aromatic carbocycles. The molecule has 3 aromatic rings. The number of ketones is 1. The van der Waals surface area contributed by atoms with Gasteiger partial charge in [0.2, 0.25) is 0 Å². The summed E-state index contributed by atoms with van der Waals surface area (Å²) < 4.78 is 5.50. The summed E-state index contributed by atoms with van der Waals surface area (Å²) in [4.78, 5) is 37.5. The summed E-state index contributed by atoms with van der Waals surface area (Å²) in [5.41, 5.74) is 1.44. The van der Waals surface area contributed by atoms with Crippen LogP contribution >= 0.6 is 0 Å². The molecule has 1 N–H and O–H groups in total. The van der Waals surface area contributed by atoms with E-state index in [9.17, 15) is 24.8 Å². The Morgan fingerprint density at radius 2 is 1.77 bits per heavy atom. The number of furan rings is 1. The fourth-order valence-electron chi connectivity index (χ4n) is 3.60. The van der Waals surface area contributed by atoms with E-state index in [1.54, 1.807) is 24.3 Å². The minimum absolute atomic E-state index is 0.145. The largest absolute Gasteiger partial charge is 0.507 e. The number of nitro benzene ring substituents is 1. The van der Waals surface area contributed by atoms with Crippen LogP contribution in [-0.4, -0.2) is 21.7 Å². The van der Waals surface area contributed by atoms with Crippen LogP contribution in [0.5, 0.6) is 0 Å². The van der Waals surface area contributed by atoms with Crippen molar-refractivity contribution in [3.63, 3.8) is 0 Å². The monoisotopic (exact) mass is 418 g/mol. The molecule has 2 heterocycles. The second-order valence-electron chi connectivity index (χ2n) is 7.01. The van der Waals surface area contributed by atoms with Gasteiger partial charge in [0.1, 0.15) is 17.6 Å². The lowest BCUT2D eigenvalue weighted by molar-refractivity contribution is -0.384. The molecule has 0 spiro atoms. The van der Waals surface area contributed by atoms with Crippen LogP contribution < -0.4 is 4.90 Å². The Morgan fingerprint density at radius 1 is 1.10 bits per heavy atom. The summed E-state index contributed by atoms with van der Waals surface area (Å²) in [7, 11) is 0. The molecule has 0 bridgehead atoms. The number of amides is 1. The summed E-state index contributed by atoms with van der Waals surface area (Å²) in [6, 6.07) is 14.6. The van der Waals surface area contributed by atoms with Gasteiger partial charge in [0.25, 0.3) is 17.4 Å². The molecular weight excluding hydrogens is 400 g/mol. The third-order valence-corrected chi connectivity index (χ3v) is 5.23. The van der Waals surface area contributed by atoms with E-state index in [1.165, 1.54) is 35.4 Å². The first kappa shape index (κ1) is 20.1. The molecule has 1 fully saturated rings. The number of anilines is 1. The van der Waals surface area contributed by atoms with Gasteiger partial charge in [-0.15, -0.1) is 0 Å². The normalized spacial score (nSPS) is 17.8. The van der Waals surface area contributed by atoms with Gasteiger partial charge < -0.3 is 9.52 Å². The molecule has 0 radical (unpaired) electrons. The number of aliphatic hydroxyl groups excluding tert-OH is 1. The van der Waals surface area contributed by atoms with E-state index in [4.69, 9.17) is 4.42 Å². The van der Waals surface area contributed by atoms with E-state index in [-0.39, 0.29) is 16.8 Å². The Kier molecular flexibility index (Phi) is 5.12. The predicted octanol–water partition coefficient (Wildman–Crippen LogP) is 4.38. The number of rotatable bonds is 5. The first-order valence-electron chi connectivity index (χ1n) is 9.60. The zero-order chi connectivity index (χ0) is 22.1. The molecular formula is C23H18N2O6. The maximum atomic E-state index is 13.0. The van der Waals surface area contributed by atoms with Crippen molar-refractivity contribution >= 4 is 28.8 Å². The highest BCUT2D eigenvalue weighted by Crippen LogP contribution is 2.42. The van der Waals surface area contributed by atoms with Crippen LogP contribution in [0, 0.1) is 10.1 Å². The number of nitro groups is 1. The molecule has 1 unspecified atom stereocenters. The topological polar surface area (TPSA) is 114 Å². The number of hydrogen-bond donors (Lipinski definition) is 1. The van der Waals surface area contributed by atoms with Crippen LogP contribution in [-0.2, 0) is 16.0 Å². The average molecular weight is 418 g/mol. The lowest BCUT2D eigenvalue weighted by Crippen LogP contribution is -2.29. The molecule has 31 heavy (non-hydrogen) atoms. The Hall–Kier alpha value is -4.20. The van der Waals surface area contributed by atoms with E-state index in [1.807, 2.05) is 19.1 Å². The summed E-state index contributed by atoms with van der Waals surface area (Å²) >= 11 is 0. The number of benzene rings is 2. The Bertz CT molecular complexity index is 1180. The fourth-order valence-corrected chi connectivity index (χ4v) is 3.60. The van der Waals surface area contributed by atoms with E-state index < -0.39 is 28.4 Å². The second-order valence-corrected chi connectivity index (χ2v) is 7.01. The molecule has 1 atom stereocenters. The van der Waals surface area contributed by atoms with Gasteiger partial charge in [-0.05, 0) is 48.4 Å². The highest BCUT2D eigenvalue weighted by Gasteiger charge is 2.48. The lowest BCUT2D eigenvalue weighted by atomic mass is 9.99. The van der Waals surface area contributed by atoms with Crippen LogP contribution in [0.4, 0.5) is 11.4 Å². The van der Waals surface area contributed by atoms with E-state index >= 15 is 0 Å². The predicted molar refractivity (Wildman–Crippen MR) is 112 cm³/mol. The molecule has 8 nitrogen and oxygen atoms in total. The summed E-state index contributed by atoms with van der Waals surface area (Å²) in [6.45, 7) is 2.01. The number of Topliss-reactive ketones (excluding diaryl/α,β-unsaturated/α-hetero) is 1. The van der Waals surface area contributed by atoms with Crippen molar-refractivity contribution in [2.45, 2.75) is 19.4 Å². The number of carbonyl (C=O) groups excluding carboxylic acids is 2. The Morgan fingerprint density at radius 3 is 2.32 bits per heavy atom. The van der Waals surface area contributed by atoms with Gasteiger partial charge >= 0.3 is 0 Å². The summed E-state index contributed by atoms with van der Waals surface area (Å²) in [5, 5.41) is 21.8. The minimum atomic E-state index is -0.974. The number of non-ortho nitro benzene ring substituents is 1. The third kappa shape index (κ3) is 3.48. The third-order valence-electron chi connectivity index (χ3n) is 5.23. The highest BCUT2D eigenvalue weighted by molar-refractivity contribution is 6.51. The molecule has 8 heteroatoms. The highest BCUT2D eigenvalue weighted by atomic mass is 16.6. The van der Waals surface area contributed by atoms with Gasteiger partial charge in [0.15, 0.2) is 0 Å². The van der Waals surface area contributed by atoms with Crippen LogP contribution in [0.15, 0.2) is 76.9 Å². The molecule has 1 aliphatic rings. The molecule has 1 aliphatic heterocycles. The number of hydrogen-bond acceptors (Lipinski definition) is 6. The van der Waals surface area contributed by atoms with Crippen molar-refractivity contribution in [3.8, 4) is 0 Å². The number of aryl methyl sites for hydroxylation is 1. The molecule has 156 valence electrons. The SMILES string of the molecule is CCc1ccc(N2C(=O)C(=O)/C(=C(\O)c3ccc([N+](=O)[O-])cc3)C2c2ccco2)cc1. The average Bonchev–Trinajstić information content (AvgIpc) is 3.40. The smallest absolute Gasteiger partial charge is 0.300 e. The first-order chi connectivity index (χ1) is 14.9. The standard InChI is InChI=1S/C23H18N2O6/c1-2-14-5-9-16(10-6-14)24-20(18-4-3-13-31-18)19(22(27)23(24)28)21(26)15-7-11-17(12-8-15)25(29)30/h3-13,20,26H,2H2,1H3/b21-19-. The van der Waals surface area contributed by atoms with Gasteiger partial charge in [-0.2, -0.15) is 0 Å². The van der Waals surface area contributed by atoms with Crippen LogP contribution in [0.3, 0.4) is 0 Å². The summed E-state index contributed by atoms with van der Waals surface area (Å²) in [6.07, 6.45) is 2.24.